The van der Waals surface area contributed by atoms with Crippen molar-refractivity contribution in [3.63, 3.8) is 0 Å². The van der Waals surface area contributed by atoms with Crippen LogP contribution in [0.25, 0.3) is 4.96 Å². The van der Waals surface area contributed by atoms with Gasteiger partial charge in [0.1, 0.15) is 0 Å². The third kappa shape index (κ3) is 3.89. The van der Waals surface area contributed by atoms with E-state index in [4.69, 9.17) is 0 Å². The second kappa shape index (κ2) is 7.34. The first-order chi connectivity index (χ1) is 12.3. The van der Waals surface area contributed by atoms with E-state index in [1.165, 1.54) is 40.0 Å². The number of nitrogens with one attached hydrogen (secondary N) is 1. The fraction of sp³-hybridized carbons (Fsp3) is 0.125. The summed E-state index contributed by atoms with van der Waals surface area (Å²) in [6, 6.07) is 11.7. The first kappa shape index (κ1) is 16.2. The van der Waals surface area contributed by atoms with Crippen LogP contribution >= 0.6 is 34.4 Å². The Balaban J connectivity index is 1.38. The quantitative estimate of drug-likeness (QED) is 0.511. The molecular weight excluding hydrogens is 374 g/mol. The molecule has 0 aliphatic rings. The minimum absolute atomic E-state index is 0.0515. The summed E-state index contributed by atoms with van der Waals surface area (Å²) in [5, 5.41) is 14.3. The van der Waals surface area contributed by atoms with Gasteiger partial charge < -0.3 is 5.32 Å². The van der Waals surface area contributed by atoms with E-state index in [2.05, 4.69) is 32.6 Å². The van der Waals surface area contributed by atoms with Gasteiger partial charge in [0.25, 0.3) is 5.56 Å². The zero-order chi connectivity index (χ0) is 17.1. The number of thiazole rings is 1. The summed E-state index contributed by atoms with van der Waals surface area (Å²) in [5.41, 5.74) is 1.90. The topological polar surface area (TPSA) is 72.2 Å². The van der Waals surface area contributed by atoms with Crippen LogP contribution < -0.4 is 10.9 Å². The predicted octanol–water partition coefficient (Wildman–Crippen LogP) is 3.51. The van der Waals surface area contributed by atoms with E-state index in [0.717, 1.165) is 15.2 Å². The fourth-order valence-electron chi connectivity index (χ4n) is 2.21. The maximum atomic E-state index is 12.0. The Labute approximate surface area is 155 Å². The third-order valence-electron chi connectivity index (χ3n) is 3.39. The summed E-state index contributed by atoms with van der Waals surface area (Å²) in [7, 11) is 0. The lowest BCUT2D eigenvalue weighted by molar-refractivity contribution is 0.992. The van der Waals surface area contributed by atoms with Crippen LogP contribution in [0.15, 0.2) is 57.1 Å². The van der Waals surface area contributed by atoms with Gasteiger partial charge in [0, 0.05) is 29.9 Å². The highest BCUT2D eigenvalue weighted by Gasteiger charge is 2.08. The number of aromatic nitrogens is 4. The normalized spacial score (nSPS) is 11.0. The third-order valence-corrected chi connectivity index (χ3v) is 6.20. The second-order valence-electron chi connectivity index (χ2n) is 5.14. The molecular formula is C16H13N5OS3. The molecule has 0 aliphatic heterocycles. The van der Waals surface area contributed by atoms with Crippen LogP contribution in [0.2, 0.25) is 0 Å². The van der Waals surface area contributed by atoms with Gasteiger partial charge in [0.2, 0.25) is 5.13 Å². The molecule has 4 rings (SSSR count). The molecule has 6 nitrogen and oxygen atoms in total. The van der Waals surface area contributed by atoms with Gasteiger partial charge in [0.15, 0.2) is 9.30 Å². The number of nitrogens with zero attached hydrogens (tertiary/aromatic N) is 4. The molecule has 9 heteroatoms. The molecule has 1 N–H and O–H groups in total. The highest BCUT2D eigenvalue weighted by atomic mass is 32.2. The highest BCUT2D eigenvalue weighted by Crippen LogP contribution is 2.28. The minimum Gasteiger partial charge on any atom is -0.356 e. The summed E-state index contributed by atoms with van der Waals surface area (Å²) in [6.45, 7) is 0.716. The van der Waals surface area contributed by atoms with Gasteiger partial charge in [-0.25, -0.2) is 4.98 Å². The molecule has 0 radical (unpaired) electrons. The van der Waals surface area contributed by atoms with Gasteiger partial charge in [-0.15, -0.1) is 21.5 Å². The molecule has 25 heavy (non-hydrogen) atoms. The molecule has 0 aliphatic carbocycles. The second-order valence-corrected chi connectivity index (χ2v) is 8.22. The molecule has 126 valence electrons. The van der Waals surface area contributed by atoms with E-state index in [-0.39, 0.29) is 5.56 Å². The van der Waals surface area contributed by atoms with Crippen molar-refractivity contribution in [2.75, 3.05) is 5.32 Å². The number of rotatable bonds is 6. The van der Waals surface area contributed by atoms with Crippen molar-refractivity contribution in [2.24, 2.45) is 0 Å². The minimum atomic E-state index is -0.0515. The van der Waals surface area contributed by atoms with Crippen LogP contribution in [0.4, 0.5) is 5.13 Å². The number of hydrogen-bond acceptors (Lipinski definition) is 8. The van der Waals surface area contributed by atoms with Crippen molar-refractivity contribution in [1.29, 1.82) is 0 Å². The van der Waals surface area contributed by atoms with Crippen LogP contribution in [0.3, 0.4) is 0 Å². The van der Waals surface area contributed by atoms with Crippen molar-refractivity contribution >= 4 is 44.5 Å². The van der Waals surface area contributed by atoms with E-state index < -0.39 is 0 Å². The monoisotopic (exact) mass is 387 g/mol. The smallest absolute Gasteiger partial charge is 0.258 e. The van der Waals surface area contributed by atoms with Crippen LogP contribution in [0.1, 0.15) is 11.3 Å². The maximum absolute atomic E-state index is 12.0. The lowest BCUT2D eigenvalue weighted by Crippen LogP contribution is -2.12. The van der Waals surface area contributed by atoms with Gasteiger partial charge in [-0.3, -0.25) is 9.20 Å². The molecule has 0 saturated heterocycles. The SMILES string of the molecule is O=c1cc(CSc2nnc(NCc3ccccc3)s2)nc2sccn12. The molecule has 1 aromatic carbocycles. The Kier molecular flexibility index (Phi) is 4.77. The fourth-order valence-corrected chi connectivity index (χ4v) is 4.59. The number of hydrogen-bond donors (Lipinski definition) is 1. The van der Waals surface area contributed by atoms with E-state index in [9.17, 15) is 4.79 Å². The van der Waals surface area contributed by atoms with Gasteiger partial charge in [0.05, 0.1) is 5.69 Å². The molecule has 0 amide bonds. The first-order valence-corrected chi connectivity index (χ1v) is 10.2. The Morgan fingerprint density at radius 2 is 2.08 bits per heavy atom. The first-order valence-electron chi connectivity index (χ1n) is 7.48. The number of thioether (sulfide) groups is 1. The largest absolute Gasteiger partial charge is 0.356 e. The van der Waals surface area contributed by atoms with Gasteiger partial charge in [-0.05, 0) is 5.56 Å². The van der Waals surface area contributed by atoms with E-state index in [0.29, 0.717) is 17.3 Å². The Morgan fingerprint density at radius 3 is 2.96 bits per heavy atom. The number of fused-ring (bicyclic) bond motifs is 1. The van der Waals surface area contributed by atoms with Crippen molar-refractivity contribution in [3.8, 4) is 0 Å². The van der Waals surface area contributed by atoms with Crippen molar-refractivity contribution in [2.45, 2.75) is 16.6 Å². The summed E-state index contributed by atoms with van der Waals surface area (Å²) in [4.78, 5) is 17.2. The van der Waals surface area contributed by atoms with Crippen molar-refractivity contribution < 1.29 is 0 Å². The molecule has 3 heterocycles. The molecule has 0 bridgehead atoms. The van der Waals surface area contributed by atoms with Gasteiger partial charge >= 0.3 is 0 Å². The lowest BCUT2D eigenvalue weighted by atomic mass is 10.2. The lowest BCUT2D eigenvalue weighted by Gasteiger charge is -2.01. The molecule has 0 fully saturated rings. The average molecular weight is 388 g/mol. The van der Waals surface area contributed by atoms with Crippen LogP contribution in [-0.2, 0) is 12.3 Å². The van der Waals surface area contributed by atoms with E-state index >= 15 is 0 Å². The Morgan fingerprint density at radius 1 is 1.20 bits per heavy atom. The van der Waals surface area contributed by atoms with Crippen molar-refractivity contribution in [1.82, 2.24) is 19.6 Å². The molecule has 4 aromatic rings. The van der Waals surface area contributed by atoms with Gasteiger partial charge in [-0.2, -0.15) is 0 Å². The molecule has 0 saturated carbocycles. The standard InChI is InChI=1S/C16H13N5OS3/c22-13-8-12(18-15-21(13)6-7-23-15)10-24-16-20-19-14(25-16)17-9-11-4-2-1-3-5-11/h1-8H,9-10H2,(H,17,19). The molecule has 0 atom stereocenters. The molecule has 0 spiro atoms. The van der Waals surface area contributed by atoms with Gasteiger partial charge in [-0.1, -0.05) is 53.4 Å². The number of benzene rings is 1. The highest BCUT2D eigenvalue weighted by molar-refractivity contribution is 8.00. The zero-order valence-corrected chi connectivity index (χ0v) is 15.4. The summed E-state index contributed by atoms with van der Waals surface area (Å²) >= 11 is 4.49. The Bertz CT molecular complexity index is 1040. The molecule has 3 aromatic heterocycles. The summed E-state index contributed by atoms with van der Waals surface area (Å²) < 4.78 is 2.40. The van der Waals surface area contributed by atoms with E-state index in [1.807, 2.05) is 23.6 Å². The summed E-state index contributed by atoms with van der Waals surface area (Å²) in [6.07, 6.45) is 1.74. The van der Waals surface area contributed by atoms with Crippen molar-refractivity contribution in [3.05, 3.63) is 69.6 Å². The maximum Gasteiger partial charge on any atom is 0.258 e. The summed E-state index contributed by atoms with van der Waals surface area (Å²) in [5.74, 6) is 0.594. The van der Waals surface area contributed by atoms with E-state index in [1.54, 1.807) is 16.7 Å². The zero-order valence-electron chi connectivity index (χ0n) is 13.0. The molecule has 0 unspecified atom stereocenters. The Hall–Kier alpha value is -2.23. The van der Waals surface area contributed by atoms with Crippen LogP contribution in [0.5, 0.6) is 0 Å². The van der Waals surface area contributed by atoms with Crippen LogP contribution in [-0.4, -0.2) is 19.6 Å². The number of anilines is 1. The van der Waals surface area contributed by atoms with Crippen LogP contribution in [0, 0.1) is 0 Å². The average Bonchev–Trinajstić information content (AvgIpc) is 3.28. The predicted molar refractivity (Wildman–Crippen MR) is 103 cm³/mol.